The number of aryl methyl sites for hydroxylation is 1. The number of benzene rings is 3. The predicted molar refractivity (Wildman–Crippen MR) is 169 cm³/mol. The van der Waals surface area contributed by atoms with Gasteiger partial charge in [0.05, 0.1) is 17.3 Å². The number of nitriles is 1. The molecule has 0 aliphatic carbocycles. The van der Waals surface area contributed by atoms with Gasteiger partial charge in [0.15, 0.2) is 0 Å². The minimum atomic E-state index is 0.479. The van der Waals surface area contributed by atoms with Crippen LogP contribution in [0.25, 0.3) is 16.6 Å². The predicted octanol–water partition coefficient (Wildman–Crippen LogP) is 8.37. The number of unbranched alkanes of at least 4 members (excludes halogenated alkanes) is 1. The van der Waals surface area contributed by atoms with Crippen LogP contribution in [0.3, 0.4) is 0 Å². The molecule has 0 spiro atoms. The number of imidazole rings is 1. The van der Waals surface area contributed by atoms with Crippen molar-refractivity contribution in [1.82, 2.24) is 19.0 Å². The third-order valence-corrected chi connectivity index (χ3v) is 8.53. The summed E-state index contributed by atoms with van der Waals surface area (Å²) in [5.41, 5.74) is 4.23. The summed E-state index contributed by atoms with van der Waals surface area (Å²) in [6, 6.07) is 25.9. The average Bonchev–Trinajstić information content (AvgIpc) is 3.64. The Hall–Kier alpha value is -4.05. The number of piperidine rings is 1. The highest BCUT2D eigenvalue weighted by molar-refractivity contribution is 6.30. The van der Waals surface area contributed by atoms with Gasteiger partial charge in [0.2, 0.25) is 0 Å². The van der Waals surface area contributed by atoms with Gasteiger partial charge in [0.25, 0.3) is 0 Å². The van der Waals surface area contributed by atoms with Gasteiger partial charge in [0.1, 0.15) is 17.3 Å². The van der Waals surface area contributed by atoms with Crippen LogP contribution in [0, 0.1) is 11.3 Å². The van der Waals surface area contributed by atoms with Gasteiger partial charge in [-0.2, -0.15) is 5.26 Å². The molecule has 1 aliphatic heterocycles. The van der Waals surface area contributed by atoms with Gasteiger partial charge >= 0.3 is 0 Å². The fourth-order valence-electron chi connectivity index (χ4n) is 5.85. The molecule has 1 aliphatic rings. The fraction of sp³-hybridized carbons (Fsp3) is 0.314. The first-order chi connectivity index (χ1) is 20.6. The molecular formula is C35H36ClN5O. The lowest BCUT2D eigenvalue weighted by Crippen LogP contribution is -2.35. The average molecular weight is 578 g/mol. The number of fused-ring (bicyclic) bond motifs is 1. The van der Waals surface area contributed by atoms with Crippen molar-refractivity contribution in [1.29, 1.82) is 5.26 Å². The summed E-state index contributed by atoms with van der Waals surface area (Å²) in [6.45, 7) is 6.37. The first-order valence-electron chi connectivity index (χ1n) is 14.9. The Morgan fingerprint density at radius 1 is 0.952 bits per heavy atom. The Morgan fingerprint density at radius 2 is 1.69 bits per heavy atom. The minimum absolute atomic E-state index is 0.479. The van der Waals surface area contributed by atoms with E-state index in [9.17, 15) is 5.26 Å². The number of halogens is 1. The number of aromatic nitrogens is 3. The van der Waals surface area contributed by atoms with Gasteiger partial charge in [0, 0.05) is 59.4 Å². The Labute approximate surface area is 252 Å². The molecule has 0 N–H and O–H groups in total. The van der Waals surface area contributed by atoms with Gasteiger partial charge in [-0.15, -0.1) is 0 Å². The second-order valence-electron chi connectivity index (χ2n) is 11.1. The molecule has 0 bridgehead atoms. The van der Waals surface area contributed by atoms with Crippen molar-refractivity contribution in [3.63, 3.8) is 0 Å². The number of ether oxygens (including phenoxy) is 1. The minimum Gasteiger partial charge on any atom is -0.457 e. The Bertz CT molecular complexity index is 1670. The second-order valence-corrected chi connectivity index (χ2v) is 11.6. The lowest BCUT2D eigenvalue weighted by molar-refractivity contribution is 0.205. The number of nitrogens with zero attached hydrogens (tertiary/aromatic N) is 5. The summed E-state index contributed by atoms with van der Waals surface area (Å²) >= 11 is 6.00. The van der Waals surface area contributed by atoms with Crippen LogP contribution in [-0.4, -0.2) is 38.7 Å². The van der Waals surface area contributed by atoms with Crippen LogP contribution < -0.4 is 4.74 Å². The molecule has 0 radical (unpaired) electrons. The van der Waals surface area contributed by atoms with Crippen molar-refractivity contribution in [3.05, 3.63) is 107 Å². The fourth-order valence-corrected chi connectivity index (χ4v) is 5.98. The number of hydrogen-bond acceptors (Lipinski definition) is 4. The van der Waals surface area contributed by atoms with E-state index in [2.05, 4.69) is 63.7 Å². The van der Waals surface area contributed by atoms with Gasteiger partial charge in [-0.25, -0.2) is 4.98 Å². The third-order valence-electron chi connectivity index (χ3n) is 8.28. The highest BCUT2D eigenvalue weighted by atomic mass is 35.5. The lowest BCUT2D eigenvalue weighted by Gasteiger charge is -2.31. The van der Waals surface area contributed by atoms with E-state index >= 15 is 0 Å². The van der Waals surface area contributed by atoms with Crippen LogP contribution in [0.5, 0.6) is 11.5 Å². The molecule has 6 rings (SSSR count). The van der Waals surface area contributed by atoms with Crippen LogP contribution in [0.15, 0.2) is 85.2 Å². The van der Waals surface area contributed by atoms with Gasteiger partial charge in [-0.3, -0.25) is 0 Å². The number of hydrogen-bond donors (Lipinski definition) is 0. The zero-order valence-electron chi connectivity index (χ0n) is 24.0. The zero-order valence-corrected chi connectivity index (χ0v) is 24.8. The molecule has 214 valence electrons. The van der Waals surface area contributed by atoms with Crippen molar-refractivity contribution < 1.29 is 4.74 Å². The smallest absolute Gasteiger partial charge is 0.127 e. The van der Waals surface area contributed by atoms with Crippen molar-refractivity contribution >= 4 is 22.5 Å². The summed E-state index contributed by atoms with van der Waals surface area (Å²) < 4.78 is 10.6. The standard InChI is InChI=1S/C35H36ClN5O/c1-2-3-4-35-38-33(25-41(35)30-8-12-32(13-9-30)42-31-10-6-29(36)7-11-31)27-15-18-39(19-16-27)21-22-40-20-17-28-23-26(24-37)5-14-34(28)40/h5-14,17,20,23,25,27H,2-4,15-16,18-19,21-22H2,1H3. The molecule has 1 fully saturated rings. The van der Waals surface area contributed by atoms with Gasteiger partial charge < -0.3 is 18.8 Å². The Kier molecular flexibility index (Phi) is 8.60. The molecule has 3 aromatic carbocycles. The molecule has 5 aromatic rings. The quantitative estimate of drug-likeness (QED) is 0.167. The molecule has 42 heavy (non-hydrogen) atoms. The van der Waals surface area contributed by atoms with Crippen LogP contribution in [0.1, 0.15) is 55.6 Å². The summed E-state index contributed by atoms with van der Waals surface area (Å²) in [5.74, 6) is 3.18. The van der Waals surface area contributed by atoms with Crippen molar-refractivity contribution in [2.45, 2.75) is 51.5 Å². The SMILES string of the molecule is CCCCc1nc(C2CCN(CCn3ccc4cc(C#N)ccc43)CC2)cn1-c1ccc(Oc2ccc(Cl)cc2)cc1. The summed E-state index contributed by atoms with van der Waals surface area (Å²) in [4.78, 5) is 7.75. The zero-order chi connectivity index (χ0) is 28.9. The van der Waals surface area contributed by atoms with E-state index in [0.717, 1.165) is 86.7 Å². The largest absolute Gasteiger partial charge is 0.457 e. The van der Waals surface area contributed by atoms with Gasteiger partial charge in [-0.1, -0.05) is 24.9 Å². The molecule has 0 atom stereocenters. The maximum atomic E-state index is 9.18. The summed E-state index contributed by atoms with van der Waals surface area (Å²) in [7, 11) is 0. The van der Waals surface area contributed by atoms with E-state index in [1.54, 1.807) is 0 Å². The molecule has 0 saturated carbocycles. The van der Waals surface area contributed by atoms with Crippen molar-refractivity contribution in [2.24, 2.45) is 0 Å². The van der Waals surface area contributed by atoms with Crippen LogP contribution in [0.4, 0.5) is 0 Å². The first-order valence-corrected chi connectivity index (χ1v) is 15.3. The van der Waals surface area contributed by atoms with E-state index in [-0.39, 0.29) is 0 Å². The van der Waals surface area contributed by atoms with Crippen molar-refractivity contribution in [3.8, 4) is 23.3 Å². The number of rotatable bonds is 10. The first kappa shape index (κ1) is 28.1. The maximum absolute atomic E-state index is 9.18. The van der Waals surface area contributed by atoms with Crippen LogP contribution in [0.2, 0.25) is 5.02 Å². The normalized spacial score (nSPS) is 14.3. The number of likely N-dealkylation sites (tertiary alicyclic amines) is 1. The molecular weight excluding hydrogens is 542 g/mol. The Morgan fingerprint density at radius 3 is 2.40 bits per heavy atom. The van der Waals surface area contributed by atoms with Crippen LogP contribution >= 0.6 is 11.6 Å². The molecule has 2 aromatic heterocycles. The molecule has 0 unspecified atom stereocenters. The highest BCUT2D eigenvalue weighted by Crippen LogP contribution is 2.30. The maximum Gasteiger partial charge on any atom is 0.127 e. The van der Waals surface area contributed by atoms with E-state index in [1.807, 2.05) is 48.5 Å². The van der Waals surface area contributed by atoms with E-state index in [4.69, 9.17) is 21.3 Å². The van der Waals surface area contributed by atoms with Crippen LogP contribution in [-0.2, 0) is 13.0 Å². The molecule has 3 heterocycles. The summed E-state index contributed by atoms with van der Waals surface area (Å²) in [5, 5.41) is 11.0. The molecule has 1 saturated heterocycles. The van der Waals surface area contributed by atoms with E-state index < -0.39 is 0 Å². The van der Waals surface area contributed by atoms with E-state index in [1.165, 1.54) is 11.2 Å². The molecule has 7 heteroatoms. The summed E-state index contributed by atoms with van der Waals surface area (Å²) in [6.07, 6.45) is 9.88. The van der Waals surface area contributed by atoms with Crippen molar-refractivity contribution in [2.75, 3.05) is 19.6 Å². The Balaban J connectivity index is 1.09. The third kappa shape index (κ3) is 6.38. The van der Waals surface area contributed by atoms with Gasteiger partial charge in [-0.05, 0) is 105 Å². The molecule has 6 nitrogen and oxygen atoms in total. The monoisotopic (exact) mass is 577 g/mol. The lowest BCUT2D eigenvalue weighted by atomic mass is 9.94. The highest BCUT2D eigenvalue weighted by Gasteiger charge is 2.24. The second kappa shape index (κ2) is 12.9. The molecule has 0 amide bonds. The van der Waals surface area contributed by atoms with E-state index in [0.29, 0.717) is 16.5 Å². The topological polar surface area (TPSA) is 59.0 Å².